The van der Waals surface area contributed by atoms with Crippen molar-refractivity contribution in [1.29, 1.82) is 0 Å². The second-order valence-electron chi connectivity index (χ2n) is 5.53. The Morgan fingerprint density at radius 3 is 2.78 bits per heavy atom. The average Bonchev–Trinajstić information content (AvgIpc) is 3.37. The number of nitrogens with one attached hydrogen (secondary N) is 1. The molecule has 0 saturated carbocycles. The van der Waals surface area contributed by atoms with Gasteiger partial charge in [-0.1, -0.05) is 17.3 Å². The molecular formula is C19H18N2O6. The quantitative estimate of drug-likeness (QED) is 0.608. The van der Waals surface area contributed by atoms with Crippen LogP contribution < -0.4 is 10.1 Å². The van der Waals surface area contributed by atoms with E-state index in [1.807, 2.05) is 0 Å². The highest BCUT2D eigenvalue weighted by atomic mass is 16.5. The zero-order valence-electron chi connectivity index (χ0n) is 14.6. The summed E-state index contributed by atoms with van der Waals surface area (Å²) in [5.74, 6) is 0.683. The van der Waals surface area contributed by atoms with E-state index in [-0.39, 0.29) is 25.5 Å². The summed E-state index contributed by atoms with van der Waals surface area (Å²) in [6, 6.07) is 12.0. The van der Waals surface area contributed by atoms with E-state index in [2.05, 4.69) is 10.5 Å². The Morgan fingerprint density at radius 2 is 2.00 bits per heavy atom. The molecule has 1 aromatic carbocycles. The van der Waals surface area contributed by atoms with Crippen molar-refractivity contribution in [3.63, 3.8) is 0 Å². The number of methoxy groups -OCH3 is 1. The van der Waals surface area contributed by atoms with Crippen molar-refractivity contribution < 1.29 is 28.0 Å². The molecule has 0 fully saturated rings. The van der Waals surface area contributed by atoms with Gasteiger partial charge < -0.3 is 23.7 Å². The number of hydrogen-bond donors (Lipinski definition) is 1. The maximum atomic E-state index is 12.1. The van der Waals surface area contributed by atoms with Gasteiger partial charge in [-0.15, -0.1) is 0 Å². The van der Waals surface area contributed by atoms with Gasteiger partial charge in [0.1, 0.15) is 18.1 Å². The molecule has 0 aliphatic carbocycles. The molecule has 27 heavy (non-hydrogen) atoms. The molecule has 8 nitrogen and oxygen atoms in total. The summed E-state index contributed by atoms with van der Waals surface area (Å²) in [5, 5.41) is 6.47. The smallest absolute Gasteiger partial charge is 0.307 e. The van der Waals surface area contributed by atoms with E-state index in [1.54, 1.807) is 42.5 Å². The van der Waals surface area contributed by atoms with Crippen LogP contribution in [-0.2, 0) is 16.1 Å². The lowest BCUT2D eigenvalue weighted by Crippen LogP contribution is -2.26. The van der Waals surface area contributed by atoms with E-state index < -0.39 is 5.97 Å². The Morgan fingerprint density at radius 1 is 1.15 bits per heavy atom. The number of benzene rings is 1. The van der Waals surface area contributed by atoms with E-state index in [9.17, 15) is 9.59 Å². The number of para-hydroxylation sites is 1. The summed E-state index contributed by atoms with van der Waals surface area (Å²) >= 11 is 0. The molecule has 8 heteroatoms. The second kappa shape index (κ2) is 8.70. The van der Waals surface area contributed by atoms with E-state index in [0.717, 1.165) is 0 Å². The molecule has 3 aromatic rings. The van der Waals surface area contributed by atoms with Crippen LogP contribution in [0, 0.1) is 0 Å². The summed E-state index contributed by atoms with van der Waals surface area (Å²) in [7, 11) is 1.49. The number of carbonyl (C=O) groups excluding carboxylic acids is 2. The van der Waals surface area contributed by atoms with Gasteiger partial charge in [-0.2, -0.15) is 0 Å². The SMILES string of the molecule is COc1ccccc1C(=O)NCCC(=O)OCc1cc(-c2ccco2)on1. The van der Waals surface area contributed by atoms with Gasteiger partial charge in [-0.3, -0.25) is 9.59 Å². The van der Waals surface area contributed by atoms with Crippen LogP contribution in [-0.4, -0.2) is 30.7 Å². The molecule has 1 amide bonds. The minimum atomic E-state index is -0.460. The lowest BCUT2D eigenvalue weighted by molar-refractivity contribution is -0.144. The second-order valence-corrected chi connectivity index (χ2v) is 5.53. The fourth-order valence-corrected chi connectivity index (χ4v) is 2.35. The van der Waals surface area contributed by atoms with Gasteiger partial charge in [-0.05, 0) is 24.3 Å². The summed E-state index contributed by atoms with van der Waals surface area (Å²) in [6.45, 7) is 0.121. The molecule has 0 saturated heterocycles. The maximum Gasteiger partial charge on any atom is 0.307 e. The van der Waals surface area contributed by atoms with Gasteiger partial charge in [0.05, 0.1) is 25.4 Å². The minimum absolute atomic E-state index is 0.0243. The third kappa shape index (κ3) is 4.75. The van der Waals surface area contributed by atoms with E-state index >= 15 is 0 Å². The molecule has 1 N–H and O–H groups in total. The molecule has 2 heterocycles. The average molecular weight is 370 g/mol. The number of furan rings is 1. The van der Waals surface area contributed by atoms with Crippen LogP contribution in [0.15, 0.2) is 57.7 Å². The number of esters is 1. The molecule has 0 radical (unpaired) electrons. The molecule has 0 spiro atoms. The molecule has 0 atom stereocenters. The van der Waals surface area contributed by atoms with Crippen LogP contribution in [0.1, 0.15) is 22.5 Å². The third-order valence-electron chi connectivity index (χ3n) is 3.67. The molecule has 2 aromatic heterocycles. The summed E-state index contributed by atoms with van der Waals surface area (Å²) < 4.78 is 20.6. The first-order valence-corrected chi connectivity index (χ1v) is 8.23. The number of amides is 1. The summed E-state index contributed by atoms with van der Waals surface area (Å²) in [4.78, 5) is 23.9. The first-order chi connectivity index (χ1) is 13.2. The molecule has 0 aliphatic heterocycles. The van der Waals surface area contributed by atoms with E-state index in [4.69, 9.17) is 18.4 Å². The van der Waals surface area contributed by atoms with Crippen LogP contribution in [0.4, 0.5) is 0 Å². The van der Waals surface area contributed by atoms with Crippen LogP contribution in [0.3, 0.4) is 0 Å². The molecular weight excluding hydrogens is 352 g/mol. The van der Waals surface area contributed by atoms with Crippen molar-refractivity contribution in [2.75, 3.05) is 13.7 Å². The highest BCUT2D eigenvalue weighted by molar-refractivity contribution is 5.97. The highest BCUT2D eigenvalue weighted by Crippen LogP contribution is 2.21. The van der Waals surface area contributed by atoms with Crippen molar-refractivity contribution in [3.05, 3.63) is 60.0 Å². The largest absolute Gasteiger partial charge is 0.496 e. The van der Waals surface area contributed by atoms with Crippen molar-refractivity contribution >= 4 is 11.9 Å². The molecule has 0 aliphatic rings. The number of carbonyl (C=O) groups is 2. The molecule has 3 rings (SSSR count). The predicted octanol–water partition coefficient (Wildman–Crippen LogP) is 2.81. The number of aromatic nitrogens is 1. The third-order valence-corrected chi connectivity index (χ3v) is 3.67. The normalized spacial score (nSPS) is 10.4. The summed E-state index contributed by atoms with van der Waals surface area (Å²) in [5.41, 5.74) is 0.870. The Kier molecular flexibility index (Phi) is 5.88. The number of ether oxygens (including phenoxy) is 2. The molecule has 0 unspecified atom stereocenters. The Labute approximate surface area is 155 Å². The van der Waals surface area contributed by atoms with Crippen molar-refractivity contribution in [2.24, 2.45) is 0 Å². The van der Waals surface area contributed by atoms with Gasteiger partial charge in [0.15, 0.2) is 5.76 Å². The van der Waals surface area contributed by atoms with Crippen LogP contribution in [0.2, 0.25) is 0 Å². The molecule has 0 bridgehead atoms. The predicted molar refractivity (Wildman–Crippen MR) is 93.9 cm³/mol. The number of rotatable bonds is 8. The minimum Gasteiger partial charge on any atom is -0.496 e. The molecule has 140 valence electrons. The van der Waals surface area contributed by atoms with E-state index in [1.165, 1.54) is 13.4 Å². The highest BCUT2D eigenvalue weighted by Gasteiger charge is 2.13. The Hall–Kier alpha value is -3.55. The van der Waals surface area contributed by atoms with E-state index in [0.29, 0.717) is 28.5 Å². The van der Waals surface area contributed by atoms with Gasteiger partial charge in [0.25, 0.3) is 5.91 Å². The topological polar surface area (TPSA) is 104 Å². The lowest BCUT2D eigenvalue weighted by atomic mass is 10.2. The van der Waals surface area contributed by atoms with Crippen LogP contribution >= 0.6 is 0 Å². The first kappa shape index (κ1) is 18.2. The van der Waals surface area contributed by atoms with Crippen molar-refractivity contribution in [3.8, 4) is 17.3 Å². The Balaban J connectivity index is 1.42. The van der Waals surface area contributed by atoms with Gasteiger partial charge in [-0.25, -0.2) is 0 Å². The van der Waals surface area contributed by atoms with Crippen LogP contribution in [0.25, 0.3) is 11.5 Å². The fraction of sp³-hybridized carbons (Fsp3) is 0.211. The lowest BCUT2D eigenvalue weighted by Gasteiger charge is -2.08. The number of nitrogens with zero attached hydrogens (tertiary/aromatic N) is 1. The van der Waals surface area contributed by atoms with Gasteiger partial charge >= 0.3 is 5.97 Å². The zero-order chi connectivity index (χ0) is 19.1. The Bertz CT molecular complexity index is 901. The van der Waals surface area contributed by atoms with Gasteiger partial charge in [0.2, 0.25) is 5.76 Å². The maximum absolute atomic E-state index is 12.1. The summed E-state index contributed by atoms with van der Waals surface area (Å²) in [6.07, 6.45) is 1.56. The fourth-order valence-electron chi connectivity index (χ4n) is 2.35. The van der Waals surface area contributed by atoms with Gasteiger partial charge in [0, 0.05) is 12.6 Å². The monoisotopic (exact) mass is 370 g/mol. The zero-order valence-corrected chi connectivity index (χ0v) is 14.6. The number of hydrogen-bond acceptors (Lipinski definition) is 7. The van der Waals surface area contributed by atoms with Crippen molar-refractivity contribution in [1.82, 2.24) is 10.5 Å². The first-order valence-electron chi connectivity index (χ1n) is 8.23. The standard InChI is InChI=1S/C19H18N2O6/c1-24-15-6-3-2-5-14(15)19(23)20-9-8-18(22)26-12-13-11-17(27-21-13)16-7-4-10-25-16/h2-7,10-11H,8-9,12H2,1H3,(H,20,23). The van der Waals surface area contributed by atoms with Crippen LogP contribution in [0.5, 0.6) is 5.75 Å². The van der Waals surface area contributed by atoms with Crippen molar-refractivity contribution in [2.45, 2.75) is 13.0 Å².